The molecule has 0 aliphatic heterocycles. The molecule has 0 bridgehead atoms. The predicted molar refractivity (Wildman–Crippen MR) is 209 cm³/mol. The summed E-state index contributed by atoms with van der Waals surface area (Å²) in [6, 6.07) is 21.5. The van der Waals surface area contributed by atoms with E-state index in [-0.39, 0.29) is 16.2 Å². The van der Waals surface area contributed by atoms with Gasteiger partial charge in [0.2, 0.25) is 0 Å². The second-order valence-electron chi connectivity index (χ2n) is 20.5. The van der Waals surface area contributed by atoms with Crippen LogP contribution in [-0.4, -0.2) is 0 Å². The van der Waals surface area contributed by atoms with E-state index in [1.165, 1.54) is 35.1 Å². The fraction of sp³-hybridized carbons (Fsp3) is 0.583. The van der Waals surface area contributed by atoms with Crippen LogP contribution in [0.4, 0.5) is 0 Å². The van der Waals surface area contributed by atoms with Gasteiger partial charge in [0.25, 0.3) is 0 Å². The van der Waals surface area contributed by atoms with Crippen molar-refractivity contribution in [1.82, 2.24) is 0 Å². The smallest absolute Gasteiger partial charge is 0.00209 e. The Hall–Kier alpha value is -2.60. The molecule has 9 unspecified atom stereocenters. The molecule has 0 aromatic heterocycles. The lowest BCUT2D eigenvalue weighted by atomic mass is 9.63. The molecule has 4 aliphatic carbocycles. The fourth-order valence-electron chi connectivity index (χ4n) is 10.1. The number of benzene rings is 2. The van der Waals surface area contributed by atoms with Gasteiger partial charge in [0.1, 0.15) is 0 Å². The Morgan fingerprint density at radius 1 is 0.625 bits per heavy atom. The third-order valence-corrected chi connectivity index (χ3v) is 13.1. The summed E-state index contributed by atoms with van der Waals surface area (Å²) in [5.74, 6) is 5.19. The summed E-state index contributed by atoms with van der Waals surface area (Å²) >= 11 is 0. The largest absolute Gasteiger partial charge is 0.0799 e. The van der Waals surface area contributed by atoms with Gasteiger partial charge >= 0.3 is 0 Å². The van der Waals surface area contributed by atoms with Crippen molar-refractivity contribution in [3.8, 4) is 0 Å². The van der Waals surface area contributed by atoms with E-state index >= 15 is 0 Å². The maximum atomic E-state index is 2.79. The Balaban J connectivity index is 1.58. The molecule has 2 aromatic carbocycles. The number of allylic oxidation sites excluding steroid dienone is 8. The molecule has 9 atom stereocenters. The highest BCUT2D eigenvalue weighted by atomic mass is 14.6. The van der Waals surface area contributed by atoms with Crippen LogP contribution in [0.1, 0.15) is 125 Å². The molecular weight excluding hydrogens is 577 g/mol. The summed E-state index contributed by atoms with van der Waals surface area (Å²) < 4.78 is 0. The van der Waals surface area contributed by atoms with E-state index in [4.69, 9.17) is 0 Å². The molecule has 0 radical (unpaired) electrons. The van der Waals surface area contributed by atoms with E-state index in [0.717, 1.165) is 5.92 Å². The Kier molecular flexibility index (Phi) is 9.04. The molecule has 0 spiro atoms. The van der Waals surface area contributed by atoms with Crippen molar-refractivity contribution in [2.75, 3.05) is 0 Å². The second-order valence-corrected chi connectivity index (χ2v) is 20.5. The molecule has 0 saturated heterocycles. The molecule has 2 saturated carbocycles. The van der Waals surface area contributed by atoms with E-state index in [9.17, 15) is 0 Å². The maximum absolute atomic E-state index is 2.79. The Bertz CT molecular complexity index is 1580. The lowest BCUT2D eigenvalue weighted by Gasteiger charge is -2.41. The Morgan fingerprint density at radius 3 is 1.77 bits per heavy atom. The molecule has 0 nitrogen and oxygen atoms in total. The number of rotatable bonds is 4. The zero-order chi connectivity index (χ0) is 35.0. The first-order valence-electron chi connectivity index (χ1n) is 19.3. The molecular formula is C48H66. The molecule has 0 heterocycles. The predicted octanol–water partition coefficient (Wildman–Crippen LogP) is 13.5. The topological polar surface area (TPSA) is 0 Å². The molecule has 0 amide bonds. The quantitative estimate of drug-likeness (QED) is 0.311. The summed E-state index contributed by atoms with van der Waals surface area (Å²) in [6.07, 6.45) is 16.0. The van der Waals surface area contributed by atoms with Gasteiger partial charge in [-0.25, -0.2) is 0 Å². The highest BCUT2D eigenvalue weighted by Gasteiger charge is 2.57. The third kappa shape index (κ3) is 6.64. The van der Waals surface area contributed by atoms with Gasteiger partial charge in [-0.15, -0.1) is 0 Å². The lowest BCUT2D eigenvalue weighted by Crippen LogP contribution is -2.32. The van der Waals surface area contributed by atoms with Crippen LogP contribution in [0.15, 0.2) is 96.1 Å². The van der Waals surface area contributed by atoms with Crippen LogP contribution >= 0.6 is 0 Å². The van der Waals surface area contributed by atoms with Crippen LogP contribution in [0.3, 0.4) is 0 Å². The lowest BCUT2D eigenvalue weighted by molar-refractivity contribution is 0.195. The molecule has 258 valence electrons. The SMILES string of the molecule is CC1CC(C(C)(C)C)CC1C(c1ccc(C(C)(C)C)cc1)C1C2C=C(C(C)(C)C)C=CC2C2C(c3ccccc3)=CC(C(C)(C)C)=CC21. The fourth-order valence-corrected chi connectivity index (χ4v) is 10.1. The molecule has 48 heavy (non-hydrogen) atoms. The number of hydrogen-bond donors (Lipinski definition) is 0. The van der Waals surface area contributed by atoms with Gasteiger partial charge in [0.15, 0.2) is 0 Å². The average molecular weight is 643 g/mol. The first-order chi connectivity index (χ1) is 22.2. The van der Waals surface area contributed by atoms with Crippen molar-refractivity contribution in [2.24, 2.45) is 63.6 Å². The van der Waals surface area contributed by atoms with Crippen LogP contribution in [0.25, 0.3) is 5.57 Å². The molecule has 6 rings (SSSR count). The maximum Gasteiger partial charge on any atom is -0.00209 e. The molecule has 2 fully saturated rings. The second kappa shape index (κ2) is 12.3. The van der Waals surface area contributed by atoms with E-state index in [0.29, 0.717) is 52.8 Å². The van der Waals surface area contributed by atoms with Crippen molar-refractivity contribution in [3.63, 3.8) is 0 Å². The van der Waals surface area contributed by atoms with Crippen LogP contribution in [0, 0.1) is 63.6 Å². The van der Waals surface area contributed by atoms with Gasteiger partial charge in [-0.05, 0) is 121 Å². The highest BCUT2D eigenvalue weighted by Crippen LogP contribution is 2.65. The van der Waals surface area contributed by atoms with Gasteiger partial charge in [0.05, 0.1) is 0 Å². The summed E-state index contributed by atoms with van der Waals surface area (Å²) in [6.45, 7) is 31.6. The minimum atomic E-state index is 0.0907. The summed E-state index contributed by atoms with van der Waals surface area (Å²) in [4.78, 5) is 0. The normalized spacial score (nSPS) is 31.5. The summed E-state index contributed by atoms with van der Waals surface area (Å²) in [5.41, 5.74) is 9.75. The zero-order valence-corrected chi connectivity index (χ0v) is 32.7. The van der Waals surface area contributed by atoms with Gasteiger partial charge < -0.3 is 0 Å². The van der Waals surface area contributed by atoms with E-state index in [1.54, 1.807) is 11.1 Å². The van der Waals surface area contributed by atoms with Crippen molar-refractivity contribution in [1.29, 1.82) is 0 Å². The monoisotopic (exact) mass is 643 g/mol. The summed E-state index contributed by atoms with van der Waals surface area (Å²) in [7, 11) is 0. The number of hydrogen-bond acceptors (Lipinski definition) is 0. The van der Waals surface area contributed by atoms with Crippen molar-refractivity contribution < 1.29 is 0 Å². The van der Waals surface area contributed by atoms with Gasteiger partial charge in [-0.1, -0.05) is 175 Å². The highest BCUT2D eigenvalue weighted by molar-refractivity contribution is 5.74. The van der Waals surface area contributed by atoms with Gasteiger partial charge in [-0.2, -0.15) is 0 Å². The standard InChI is InChI=1S/C48H66/c1-30-25-35(47(8,9)10)27-38(30)42(32-19-21-33(22-20-32)45(2,3)4)44-40-26-34(46(5,6)7)23-24-37(40)43-39(31-17-15-14-16-18-31)28-36(29-41(43)44)48(11,12)13/h14-24,26,28-30,35,37-38,40-44H,25,27H2,1-13H3. The summed E-state index contributed by atoms with van der Waals surface area (Å²) in [5, 5.41) is 0. The van der Waals surface area contributed by atoms with E-state index < -0.39 is 0 Å². The van der Waals surface area contributed by atoms with Gasteiger partial charge in [-0.3, -0.25) is 0 Å². The van der Waals surface area contributed by atoms with Crippen LogP contribution in [0.5, 0.6) is 0 Å². The third-order valence-electron chi connectivity index (χ3n) is 13.1. The number of fused-ring (bicyclic) bond motifs is 3. The first-order valence-corrected chi connectivity index (χ1v) is 19.3. The van der Waals surface area contributed by atoms with Crippen LogP contribution in [-0.2, 0) is 5.41 Å². The minimum absolute atomic E-state index is 0.0907. The Labute approximate surface area is 295 Å². The minimum Gasteiger partial charge on any atom is -0.0799 e. The molecule has 2 aromatic rings. The molecule has 4 aliphatic rings. The average Bonchev–Trinajstić information content (AvgIpc) is 3.54. The molecule has 0 heteroatoms. The van der Waals surface area contributed by atoms with E-state index in [2.05, 4.69) is 175 Å². The van der Waals surface area contributed by atoms with Crippen LogP contribution < -0.4 is 0 Å². The van der Waals surface area contributed by atoms with Crippen molar-refractivity contribution in [2.45, 2.75) is 114 Å². The van der Waals surface area contributed by atoms with Crippen LogP contribution in [0.2, 0.25) is 0 Å². The zero-order valence-electron chi connectivity index (χ0n) is 32.7. The van der Waals surface area contributed by atoms with Crippen molar-refractivity contribution in [3.05, 3.63) is 113 Å². The van der Waals surface area contributed by atoms with Crippen molar-refractivity contribution >= 4 is 5.57 Å². The van der Waals surface area contributed by atoms with E-state index in [1.807, 2.05) is 0 Å². The Morgan fingerprint density at radius 2 is 1.23 bits per heavy atom. The molecule has 0 N–H and O–H groups in total. The first kappa shape index (κ1) is 35.2. The van der Waals surface area contributed by atoms with Gasteiger partial charge in [0, 0.05) is 0 Å².